The van der Waals surface area contributed by atoms with Crippen LogP contribution >= 0.6 is 0 Å². The first kappa shape index (κ1) is 22.1. The number of hydrogen-bond acceptors (Lipinski definition) is 9. The van der Waals surface area contributed by atoms with Crippen molar-refractivity contribution in [3.8, 4) is 0 Å². The van der Waals surface area contributed by atoms with E-state index in [0.29, 0.717) is 18.2 Å². The highest BCUT2D eigenvalue weighted by Gasteiger charge is 2.38. The van der Waals surface area contributed by atoms with Crippen LogP contribution in [0.1, 0.15) is 44.8 Å². The molecule has 30 heavy (non-hydrogen) atoms. The van der Waals surface area contributed by atoms with E-state index < -0.39 is 12.1 Å². The molecule has 0 radical (unpaired) electrons. The molecule has 0 bridgehead atoms. The Morgan fingerprint density at radius 1 is 1.27 bits per heavy atom. The molecule has 4 N–H and O–H groups in total. The zero-order valence-electron chi connectivity index (χ0n) is 17.0. The third kappa shape index (κ3) is 5.29. The predicted octanol–water partition coefficient (Wildman–Crippen LogP) is 2.93. The van der Waals surface area contributed by atoms with Crippen LogP contribution in [0.25, 0.3) is 0 Å². The Bertz CT molecular complexity index is 857. The normalized spacial score (nSPS) is 21.3. The molecule has 9 nitrogen and oxygen atoms in total. The summed E-state index contributed by atoms with van der Waals surface area (Å²) in [6.07, 6.45) is -0.922. The molecule has 2 aromatic heterocycles. The largest absolute Gasteiger partial charge is 0.471 e. The zero-order valence-corrected chi connectivity index (χ0v) is 17.0. The Hall–Kier alpha value is -2.63. The molecule has 1 aliphatic rings. The minimum atomic E-state index is -4.66. The third-order valence-electron chi connectivity index (χ3n) is 5.20. The summed E-state index contributed by atoms with van der Waals surface area (Å²) < 4.78 is 41.7. The van der Waals surface area contributed by atoms with Crippen LogP contribution in [-0.2, 0) is 12.6 Å². The van der Waals surface area contributed by atoms with Gasteiger partial charge in [-0.25, -0.2) is 4.98 Å². The summed E-state index contributed by atoms with van der Waals surface area (Å²) in [5.74, 6) is -0.473. The van der Waals surface area contributed by atoms with Crippen molar-refractivity contribution < 1.29 is 22.8 Å². The first-order valence-corrected chi connectivity index (χ1v) is 9.71. The molecule has 3 rings (SSSR count). The molecule has 1 fully saturated rings. The second kappa shape index (κ2) is 8.62. The number of aliphatic hydroxyl groups is 1. The van der Waals surface area contributed by atoms with Crippen LogP contribution in [0.4, 0.5) is 30.6 Å². The average Bonchev–Trinajstić information content (AvgIpc) is 3.14. The van der Waals surface area contributed by atoms with Gasteiger partial charge in [0.15, 0.2) is 11.6 Å². The molecule has 0 aromatic carbocycles. The fourth-order valence-corrected chi connectivity index (χ4v) is 3.46. The summed E-state index contributed by atoms with van der Waals surface area (Å²) in [6, 6.07) is 0.151. The van der Waals surface area contributed by atoms with Gasteiger partial charge in [0, 0.05) is 26.1 Å². The average molecular weight is 429 g/mol. The highest BCUT2D eigenvalue weighted by molar-refractivity contribution is 5.64. The van der Waals surface area contributed by atoms with E-state index in [-0.39, 0.29) is 36.4 Å². The van der Waals surface area contributed by atoms with E-state index in [9.17, 15) is 18.3 Å². The molecule has 0 unspecified atom stereocenters. The Balaban J connectivity index is 1.61. The van der Waals surface area contributed by atoms with E-state index in [1.165, 1.54) is 0 Å². The van der Waals surface area contributed by atoms with Gasteiger partial charge < -0.3 is 25.6 Å². The third-order valence-corrected chi connectivity index (χ3v) is 5.20. The molecule has 166 valence electrons. The molecule has 2 aromatic rings. The van der Waals surface area contributed by atoms with Crippen LogP contribution in [0.5, 0.6) is 0 Å². The SMILES string of the molecule is CNc1cnc(NCCc2noc(C(F)(F)F)n2)nc1N[C@@H]1CC[C@H](O)C(C)(C)C1. The summed E-state index contributed by atoms with van der Waals surface area (Å²) in [7, 11) is 1.76. The number of hydrogen-bond donors (Lipinski definition) is 4. The van der Waals surface area contributed by atoms with Crippen LogP contribution in [0.2, 0.25) is 0 Å². The molecule has 0 amide bonds. The molecule has 12 heteroatoms. The van der Waals surface area contributed by atoms with Gasteiger partial charge in [-0.1, -0.05) is 19.0 Å². The molecule has 1 aliphatic carbocycles. The number of rotatable bonds is 7. The van der Waals surface area contributed by atoms with Crippen LogP contribution in [0.15, 0.2) is 10.7 Å². The Labute approximate surface area is 171 Å². The first-order chi connectivity index (χ1) is 14.1. The molecule has 0 spiro atoms. The second-order valence-electron chi connectivity index (χ2n) is 8.02. The van der Waals surface area contributed by atoms with Crippen molar-refractivity contribution in [1.29, 1.82) is 0 Å². The molecular weight excluding hydrogens is 403 g/mol. The lowest BCUT2D eigenvalue weighted by atomic mass is 9.73. The number of halogens is 3. The van der Waals surface area contributed by atoms with Gasteiger partial charge in [-0.05, 0) is 24.7 Å². The smallest absolute Gasteiger partial charge is 0.393 e. The van der Waals surface area contributed by atoms with Crippen molar-refractivity contribution in [1.82, 2.24) is 20.1 Å². The number of aliphatic hydroxyl groups excluding tert-OH is 1. The van der Waals surface area contributed by atoms with Gasteiger partial charge in [0.05, 0.1) is 18.0 Å². The highest BCUT2D eigenvalue weighted by atomic mass is 19.4. The molecular formula is C18H26F3N7O2. The van der Waals surface area contributed by atoms with Crippen LogP contribution in [0, 0.1) is 5.41 Å². The minimum absolute atomic E-state index is 0.0528. The van der Waals surface area contributed by atoms with Crippen molar-refractivity contribution in [3.05, 3.63) is 17.9 Å². The second-order valence-corrected chi connectivity index (χ2v) is 8.02. The predicted molar refractivity (Wildman–Crippen MR) is 104 cm³/mol. The van der Waals surface area contributed by atoms with Gasteiger partial charge in [-0.2, -0.15) is 23.1 Å². The summed E-state index contributed by atoms with van der Waals surface area (Å²) in [4.78, 5) is 12.0. The lowest BCUT2D eigenvalue weighted by Gasteiger charge is -2.40. The number of alkyl halides is 3. The lowest BCUT2D eigenvalue weighted by Crippen LogP contribution is -2.41. The highest BCUT2D eigenvalue weighted by Crippen LogP contribution is 2.37. The summed E-state index contributed by atoms with van der Waals surface area (Å²) in [5, 5.41) is 22.9. The van der Waals surface area contributed by atoms with Gasteiger partial charge in [0.1, 0.15) is 0 Å². The van der Waals surface area contributed by atoms with Crippen LogP contribution in [0.3, 0.4) is 0 Å². The zero-order chi connectivity index (χ0) is 21.9. The number of nitrogens with zero attached hydrogens (tertiary/aromatic N) is 4. The van der Waals surface area contributed by atoms with Crippen molar-refractivity contribution >= 4 is 17.5 Å². The lowest BCUT2D eigenvalue weighted by molar-refractivity contribution is -0.159. The van der Waals surface area contributed by atoms with Crippen molar-refractivity contribution in [3.63, 3.8) is 0 Å². The van der Waals surface area contributed by atoms with Crippen LogP contribution in [-0.4, -0.2) is 51.0 Å². The van der Waals surface area contributed by atoms with Crippen molar-refractivity contribution in [2.24, 2.45) is 5.41 Å². The van der Waals surface area contributed by atoms with Gasteiger partial charge >= 0.3 is 12.1 Å². The van der Waals surface area contributed by atoms with E-state index in [1.54, 1.807) is 13.2 Å². The topological polar surface area (TPSA) is 121 Å². The maximum Gasteiger partial charge on any atom is 0.471 e. The van der Waals surface area contributed by atoms with E-state index in [2.05, 4.69) is 40.6 Å². The monoisotopic (exact) mass is 429 g/mol. The van der Waals surface area contributed by atoms with Gasteiger partial charge in [0.25, 0.3) is 0 Å². The van der Waals surface area contributed by atoms with E-state index >= 15 is 0 Å². The summed E-state index contributed by atoms with van der Waals surface area (Å²) in [6.45, 7) is 4.32. The van der Waals surface area contributed by atoms with Gasteiger partial charge in [-0.15, -0.1) is 0 Å². The Kier molecular flexibility index (Phi) is 6.34. The molecule has 0 saturated heterocycles. The standard InChI is InChI=1S/C18H26F3N7O2/c1-17(2)8-10(4-5-12(17)29)25-14-11(22-3)9-24-16(27-14)23-7-6-13-26-15(30-28-13)18(19,20)21/h9-10,12,22,29H,4-8H2,1-3H3,(H2,23,24,25,27)/t10-,12+/m1/s1. The molecule has 2 heterocycles. The number of nitrogens with one attached hydrogen (secondary N) is 3. The maximum absolute atomic E-state index is 12.5. The Morgan fingerprint density at radius 3 is 2.67 bits per heavy atom. The fraction of sp³-hybridized carbons (Fsp3) is 0.667. The first-order valence-electron chi connectivity index (χ1n) is 9.71. The van der Waals surface area contributed by atoms with Gasteiger partial charge in [0.2, 0.25) is 5.95 Å². The molecule has 2 atom stereocenters. The minimum Gasteiger partial charge on any atom is -0.393 e. The maximum atomic E-state index is 12.5. The summed E-state index contributed by atoms with van der Waals surface area (Å²) >= 11 is 0. The van der Waals surface area contributed by atoms with Crippen molar-refractivity contribution in [2.45, 2.75) is 57.9 Å². The Morgan fingerprint density at radius 2 is 2.03 bits per heavy atom. The summed E-state index contributed by atoms with van der Waals surface area (Å²) in [5.41, 5.74) is 0.529. The van der Waals surface area contributed by atoms with E-state index in [4.69, 9.17) is 0 Å². The number of aromatic nitrogens is 4. The quantitative estimate of drug-likeness (QED) is 0.526. The van der Waals surface area contributed by atoms with E-state index in [0.717, 1.165) is 18.5 Å². The molecule has 1 saturated carbocycles. The number of anilines is 3. The fourth-order valence-electron chi connectivity index (χ4n) is 3.46. The van der Waals surface area contributed by atoms with Gasteiger partial charge in [-0.3, -0.25) is 0 Å². The molecule has 0 aliphatic heterocycles. The van der Waals surface area contributed by atoms with Crippen LogP contribution < -0.4 is 16.0 Å². The van der Waals surface area contributed by atoms with E-state index in [1.807, 2.05) is 13.8 Å². The van der Waals surface area contributed by atoms with Crippen molar-refractivity contribution in [2.75, 3.05) is 29.5 Å².